The number of fused-ring (bicyclic) bond motifs is 5. The number of benzene rings is 1. The molecule has 2 N–H and O–H groups in total. The van der Waals surface area contributed by atoms with Crippen molar-refractivity contribution in [2.24, 2.45) is 27.9 Å². The first-order chi connectivity index (χ1) is 25.8. The van der Waals surface area contributed by atoms with Gasteiger partial charge in [-0.1, -0.05) is 54.0 Å². The number of aliphatic hydroxyl groups is 2. The van der Waals surface area contributed by atoms with Gasteiger partial charge < -0.3 is 43.6 Å². The smallest absolute Gasteiger partial charge is 0.316 e. The van der Waals surface area contributed by atoms with Crippen LogP contribution in [0.25, 0.3) is 0 Å². The van der Waals surface area contributed by atoms with Crippen LogP contribution >= 0.6 is 15.9 Å². The lowest BCUT2D eigenvalue weighted by Gasteiger charge is -2.47. The predicted octanol–water partition coefficient (Wildman–Crippen LogP) is 4.64. The number of rotatable bonds is 7. The summed E-state index contributed by atoms with van der Waals surface area (Å²) in [5.41, 5.74) is -1.57. The number of esters is 1. The Balaban J connectivity index is 1.90. The van der Waals surface area contributed by atoms with Gasteiger partial charge in [0.25, 0.3) is 0 Å². The summed E-state index contributed by atoms with van der Waals surface area (Å²) in [7, 11) is 3.73. The number of nitrogens with zero attached hydrogens (tertiary/aromatic N) is 3. The number of carbonyl (C=O) groups is 3. The molecule has 308 valence electrons. The monoisotopic (exact) mass is 837 g/mol. The van der Waals surface area contributed by atoms with E-state index in [4.69, 9.17) is 28.5 Å². The number of halogens is 1. The number of aliphatic hydroxyl groups excluding tert-OH is 1. The topological polar surface area (TPSA) is 175 Å². The van der Waals surface area contributed by atoms with Crippen molar-refractivity contribution in [3.63, 3.8) is 0 Å². The van der Waals surface area contributed by atoms with Gasteiger partial charge in [-0.2, -0.15) is 0 Å². The van der Waals surface area contributed by atoms with Gasteiger partial charge in [0.15, 0.2) is 12.1 Å². The number of ether oxygens (including phenoxy) is 5. The molecule has 0 spiro atoms. The van der Waals surface area contributed by atoms with E-state index in [1.54, 1.807) is 20.8 Å². The second kappa shape index (κ2) is 19.2. The largest absolute Gasteiger partial charge is 0.459 e. The molecule has 55 heavy (non-hydrogen) atoms. The fourth-order valence-electron chi connectivity index (χ4n) is 7.85. The van der Waals surface area contributed by atoms with E-state index >= 15 is 0 Å². The normalized spacial score (nSPS) is 38.6. The van der Waals surface area contributed by atoms with E-state index in [-0.39, 0.29) is 51.2 Å². The highest BCUT2D eigenvalue weighted by atomic mass is 79.9. The lowest BCUT2D eigenvalue weighted by molar-refractivity contribution is -0.296. The van der Waals surface area contributed by atoms with Crippen LogP contribution in [0.2, 0.25) is 0 Å². The molecule has 0 aliphatic carbocycles. The summed E-state index contributed by atoms with van der Waals surface area (Å²) in [5.74, 6) is -4.50. The van der Waals surface area contributed by atoms with Crippen LogP contribution in [0.3, 0.4) is 0 Å². The van der Waals surface area contributed by atoms with Crippen molar-refractivity contribution in [3.05, 3.63) is 34.3 Å². The van der Waals surface area contributed by atoms with Crippen LogP contribution in [0.4, 0.5) is 0 Å². The number of cyclic esters (lactones) is 1. The summed E-state index contributed by atoms with van der Waals surface area (Å²) in [6, 6.07) is 7.28. The van der Waals surface area contributed by atoms with Crippen molar-refractivity contribution in [1.82, 2.24) is 4.90 Å². The van der Waals surface area contributed by atoms with Gasteiger partial charge >= 0.3 is 5.97 Å². The Morgan fingerprint density at radius 3 is 2.47 bits per heavy atom. The highest BCUT2D eigenvalue weighted by Gasteiger charge is 2.51. The molecule has 1 aromatic rings. The maximum absolute atomic E-state index is 14.4. The van der Waals surface area contributed by atoms with E-state index in [1.165, 1.54) is 20.8 Å². The van der Waals surface area contributed by atoms with Gasteiger partial charge in [-0.3, -0.25) is 14.4 Å². The van der Waals surface area contributed by atoms with E-state index in [1.807, 2.05) is 57.1 Å². The first-order valence-electron chi connectivity index (χ1n) is 19.1. The van der Waals surface area contributed by atoms with Crippen LogP contribution in [0.15, 0.2) is 38.9 Å². The third-order valence-electron chi connectivity index (χ3n) is 11.1. The minimum atomic E-state index is -1.81. The molecule has 3 fully saturated rings. The average Bonchev–Trinajstić information content (AvgIpc) is 3.13. The quantitative estimate of drug-likeness (QED) is 0.222. The zero-order valence-corrected chi connectivity index (χ0v) is 35.4. The second-order valence-corrected chi connectivity index (χ2v) is 16.9. The van der Waals surface area contributed by atoms with E-state index in [2.05, 4.69) is 26.1 Å². The first kappa shape index (κ1) is 45.1. The molecule has 0 unspecified atom stereocenters. The molecule has 3 heterocycles. The molecule has 4 rings (SSSR count). The summed E-state index contributed by atoms with van der Waals surface area (Å²) < 4.78 is 33.0. The number of amides is 1. The van der Waals surface area contributed by atoms with E-state index in [9.17, 15) is 24.6 Å². The van der Waals surface area contributed by atoms with Crippen molar-refractivity contribution >= 4 is 45.0 Å². The van der Waals surface area contributed by atoms with Gasteiger partial charge in [0, 0.05) is 35.5 Å². The van der Waals surface area contributed by atoms with Crippen LogP contribution in [0, 0.1) is 17.8 Å². The van der Waals surface area contributed by atoms with Gasteiger partial charge in [-0.05, 0) is 84.7 Å². The molecule has 15 heteroatoms. The minimum Gasteiger partial charge on any atom is -0.459 e. The third kappa shape index (κ3) is 11.3. The Morgan fingerprint density at radius 1 is 1.13 bits per heavy atom. The zero-order valence-electron chi connectivity index (χ0n) is 33.8. The number of hydrogen-bond donors (Lipinski definition) is 2. The first-order valence-corrected chi connectivity index (χ1v) is 19.9. The maximum atomic E-state index is 14.4. The average molecular weight is 839 g/mol. The Labute approximate surface area is 333 Å². The molecule has 0 saturated carbocycles. The van der Waals surface area contributed by atoms with Crippen molar-refractivity contribution in [2.45, 2.75) is 142 Å². The molecule has 1 amide bonds. The van der Waals surface area contributed by atoms with Crippen molar-refractivity contribution < 1.29 is 53.1 Å². The molecule has 1 aromatic carbocycles. The van der Waals surface area contributed by atoms with Crippen LogP contribution in [0.5, 0.6) is 0 Å². The molecular formula is C40H60BrN3O11. The highest BCUT2D eigenvalue weighted by Crippen LogP contribution is 2.39. The molecular weight excluding hydrogens is 778 g/mol. The van der Waals surface area contributed by atoms with Crippen molar-refractivity contribution in [2.75, 3.05) is 27.3 Å². The molecule has 14 nitrogen and oxygen atoms in total. The Hall–Kier alpha value is -2.63. The van der Waals surface area contributed by atoms with Gasteiger partial charge in [-0.15, -0.1) is 0 Å². The van der Waals surface area contributed by atoms with Crippen LogP contribution in [0.1, 0.15) is 86.6 Å². The number of aliphatic imine (C=N–C) groups is 1. The van der Waals surface area contributed by atoms with Crippen LogP contribution < -0.4 is 0 Å². The molecule has 3 aliphatic heterocycles. The standard InChI is InChI=1S/C40H60BrN3O11/c1-11-32-40(8,49)33-17-30(42-26(6)45)22(2)18-39(7,51-21-29(20-50-33)43-52-19-27-13-12-14-28(41)16-27)36(24(4)34(46)25(5)37(48)54-32)55-38-35(47)31(44(9)10)15-23(3)53-38/h12-14,16,22-25,31-33,35-36,38,47,49H,11,15,17-21H2,1-10H3/b42-30?,43-29-/t22-,23-,24+,25-,31+,32-,33-,35-,36-,38+,39-,40-/m1/s1. The van der Waals surface area contributed by atoms with E-state index in [0.29, 0.717) is 17.8 Å². The second-order valence-electron chi connectivity index (χ2n) is 16.0. The highest BCUT2D eigenvalue weighted by molar-refractivity contribution is 9.10. The summed E-state index contributed by atoms with van der Waals surface area (Å²) in [6.45, 7) is 13.1. The number of ketones is 1. The van der Waals surface area contributed by atoms with Crippen molar-refractivity contribution in [1.29, 1.82) is 0 Å². The Bertz CT molecular complexity index is 1570. The summed E-state index contributed by atoms with van der Waals surface area (Å²) >= 11 is 3.48. The Kier molecular flexibility index (Phi) is 15.7. The SMILES string of the molecule is CC[C@H]1OC(=O)[C@H](C)C(=O)[C@H](C)[C@@H](O[C@@H]2O[C@H](C)C[C@H](N(C)C)[C@H]2O)[C@@]2(C)C[C@@H](C)C(=NC(C)=O)C[C@@H](OC/C(=N/OCc3cccc(Br)c3)CO2)[C@]1(C)O. The molecule has 2 bridgehead atoms. The van der Waals surface area contributed by atoms with Gasteiger partial charge in [0.1, 0.15) is 36.0 Å². The molecule has 12 atom stereocenters. The lowest BCUT2D eigenvalue weighted by atomic mass is 9.76. The predicted molar refractivity (Wildman–Crippen MR) is 208 cm³/mol. The summed E-state index contributed by atoms with van der Waals surface area (Å²) in [4.78, 5) is 52.9. The molecule has 3 saturated heterocycles. The molecule has 3 aliphatic rings. The number of carbonyl (C=O) groups excluding carboxylic acids is 3. The number of hydrogen-bond acceptors (Lipinski definition) is 13. The van der Waals surface area contributed by atoms with E-state index < -0.39 is 77.3 Å². The van der Waals surface area contributed by atoms with Gasteiger partial charge in [0.2, 0.25) is 5.91 Å². The number of oxime groups is 1. The zero-order chi connectivity index (χ0) is 40.8. The molecule has 0 radical (unpaired) electrons. The fourth-order valence-corrected chi connectivity index (χ4v) is 8.29. The number of likely N-dealkylation sites (N-methyl/N-ethyl adjacent to an activating group) is 1. The minimum absolute atomic E-state index is 0.00784. The van der Waals surface area contributed by atoms with Gasteiger partial charge in [0.05, 0.1) is 37.1 Å². The van der Waals surface area contributed by atoms with Crippen LogP contribution in [-0.2, 0) is 49.5 Å². The van der Waals surface area contributed by atoms with Crippen LogP contribution in [-0.4, -0.2) is 126 Å². The van der Waals surface area contributed by atoms with E-state index in [0.717, 1.165) is 10.0 Å². The third-order valence-corrected chi connectivity index (χ3v) is 11.6. The van der Waals surface area contributed by atoms with Gasteiger partial charge in [-0.25, -0.2) is 4.99 Å². The lowest BCUT2D eigenvalue weighted by Crippen LogP contribution is -2.59. The van der Waals surface area contributed by atoms with Crippen molar-refractivity contribution in [3.8, 4) is 0 Å². The fraction of sp³-hybridized carbons (Fsp3) is 0.725. The maximum Gasteiger partial charge on any atom is 0.316 e. The summed E-state index contributed by atoms with van der Waals surface area (Å²) in [6.07, 6.45) is -4.92. The summed E-state index contributed by atoms with van der Waals surface area (Å²) in [5, 5.41) is 28.2. The Morgan fingerprint density at radius 2 is 1.84 bits per heavy atom. The molecule has 0 aromatic heterocycles. The number of Topliss-reactive ketones (excluding diaryl/α,β-unsaturated/α-hetero) is 1.